The minimum Gasteiger partial charge on any atom is -0.489 e. The van der Waals surface area contributed by atoms with Gasteiger partial charge in [-0.2, -0.15) is 0 Å². The van der Waals surface area contributed by atoms with Crippen molar-refractivity contribution in [2.24, 2.45) is 0 Å². The number of benzene rings is 1. The molecule has 0 aliphatic carbocycles. The van der Waals surface area contributed by atoms with Crippen molar-refractivity contribution < 1.29 is 9.13 Å². The van der Waals surface area contributed by atoms with E-state index in [1.807, 2.05) is 30.2 Å². The smallest absolute Gasteiger partial charge is 0.136 e. The zero-order valence-corrected chi connectivity index (χ0v) is 10.9. The van der Waals surface area contributed by atoms with Crippen molar-refractivity contribution in [1.29, 1.82) is 0 Å². The number of ether oxygens (including phenoxy) is 1. The summed E-state index contributed by atoms with van der Waals surface area (Å²) in [5.41, 5.74) is 1.97. The molecule has 0 bridgehead atoms. The van der Waals surface area contributed by atoms with Gasteiger partial charge in [0.25, 0.3) is 0 Å². The van der Waals surface area contributed by atoms with E-state index >= 15 is 0 Å². The van der Waals surface area contributed by atoms with Crippen molar-refractivity contribution in [2.75, 3.05) is 13.7 Å². The van der Waals surface area contributed by atoms with Crippen LogP contribution in [0.15, 0.2) is 61.4 Å². The fourth-order valence-electron chi connectivity index (χ4n) is 1.90. The van der Waals surface area contributed by atoms with Gasteiger partial charge in [0.15, 0.2) is 0 Å². The van der Waals surface area contributed by atoms with Crippen LogP contribution in [0.1, 0.15) is 5.56 Å². The van der Waals surface area contributed by atoms with E-state index in [9.17, 15) is 4.39 Å². The lowest BCUT2D eigenvalue weighted by atomic mass is 10.1. The Balaban J connectivity index is 2.48. The van der Waals surface area contributed by atoms with Gasteiger partial charge in [-0.25, -0.2) is 4.39 Å². The van der Waals surface area contributed by atoms with Crippen LogP contribution in [-0.2, 0) is 0 Å². The van der Waals surface area contributed by atoms with Crippen LogP contribution in [-0.4, -0.2) is 18.6 Å². The molecule has 0 N–H and O–H groups in total. The Bertz CT molecular complexity index is 572. The third-order valence-electron chi connectivity index (χ3n) is 2.92. The average molecular weight is 257 g/mol. The highest BCUT2D eigenvalue weighted by Gasteiger charge is 2.19. The molecule has 0 radical (unpaired) electrons. The molecular weight excluding hydrogens is 241 g/mol. The van der Waals surface area contributed by atoms with Gasteiger partial charge in [-0.3, -0.25) is 0 Å². The number of hydrogen-bond donors (Lipinski definition) is 0. The molecule has 0 saturated carbocycles. The van der Waals surface area contributed by atoms with E-state index in [1.54, 1.807) is 18.2 Å². The van der Waals surface area contributed by atoms with Crippen LogP contribution in [0.5, 0.6) is 5.75 Å². The van der Waals surface area contributed by atoms with Crippen LogP contribution in [0.4, 0.5) is 4.39 Å². The molecule has 1 aliphatic rings. The fraction of sp³-hybridized carbons (Fsp3) is 0.125. The highest BCUT2D eigenvalue weighted by Crippen LogP contribution is 2.33. The Kier molecular flexibility index (Phi) is 3.85. The van der Waals surface area contributed by atoms with Gasteiger partial charge in [0, 0.05) is 12.7 Å². The van der Waals surface area contributed by atoms with Crippen LogP contribution in [0, 0.1) is 5.82 Å². The highest BCUT2D eigenvalue weighted by molar-refractivity contribution is 5.73. The van der Waals surface area contributed by atoms with E-state index in [0.29, 0.717) is 17.9 Å². The molecule has 1 aliphatic heterocycles. The van der Waals surface area contributed by atoms with E-state index in [1.165, 1.54) is 6.07 Å². The molecule has 0 atom stereocenters. The number of nitrogens with zero attached hydrogens (tertiary/aromatic N) is 1. The second-order valence-corrected chi connectivity index (χ2v) is 4.17. The first-order chi connectivity index (χ1) is 9.15. The molecule has 3 heteroatoms. The Labute approximate surface area is 112 Å². The lowest BCUT2D eigenvalue weighted by Gasteiger charge is -2.27. The number of hydrogen-bond acceptors (Lipinski definition) is 2. The molecule has 2 nitrogen and oxygen atoms in total. The number of likely N-dealkylation sites (N-methyl/N-ethyl adjacent to an activating group) is 1. The molecule has 2 rings (SSSR count). The molecule has 0 spiro atoms. The Morgan fingerprint density at radius 3 is 2.95 bits per heavy atom. The van der Waals surface area contributed by atoms with Gasteiger partial charge in [0.2, 0.25) is 0 Å². The zero-order chi connectivity index (χ0) is 13.8. The summed E-state index contributed by atoms with van der Waals surface area (Å²) < 4.78 is 19.7. The van der Waals surface area contributed by atoms with Crippen molar-refractivity contribution >= 4 is 5.70 Å². The molecule has 0 aromatic heterocycles. The quantitative estimate of drug-likeness (QED) is 0.762. The molecule has 0 saturated heterocycles. The van der Waals surface area contributed by atoms with Crippen molar-refractivity contribution in [3.8, 4) is 5.75 Å². The molecule has 1 heterocycles. The van der Waals surface area contributed by atoms with Gasteiger partial charge in [-0.05, 0) is 24.3 Å². The van der Waals surface area contributed by atoms with E-state index < -0.39 is 0 Å². The molecule has 1 aromatic rings. The molecule has 0 unspecified atom stereocenters. The minimum atomic E-state index is -0.317. The normalized spacial score (nSPS) is 14.3. The molecular formula is C16H16FNO. The predicted octanol–water partition coefficient (Wildman–Crippen LogP) is 3.75. The first-order valence-electron chi connectivity index (χ1n) is 5.98. The van der Waals surface area contributed by atoms with Crippen LogP contribution < -0.4 is 4.74 Å². The maximum atomic E-state index is 14.1. The first-order valence-corrected chi connectivity index (χ1v) is 5.98. The van der Waals surface area contributed by atoms with E-state index in [4.69, 9.17) is 4.74 Å². The highest BCUT2D eigenvalue weighted by atomic mass is 19.1. The third-order valence-corrected chi connectivity index (χ3v) is 2.92. The van der Waals surface area contributed by atoms with E-state index in [0.717, 1.165) is 11.4 Å². The predicted molar refractivity (Wildman–Crippen MR) is 76.1 cm³/mol. The Hall–Kier alpha value is -2.29. The van der Waals surface area contributed by atoms with Crippen LogP contribution in [0.3, 0.4) is 0 Å². The summed E-state index contributed by atoms with van der Waals surface area (Å²) >= 11 is 0. The summed E-state index contributed by atoms with van der Waals surface area (Å²) in [7, 11) is 1.85. The third kappa shape index (κ3) is 2.60. The standard InChI is InChI=1S/C16H16FNO/c1-4-11-19-15-10-6-8-13(17)16(15)14-9-5-7-12(2)18(14)3/h4-10H,1-2,11H2,3H3. The van der Waals surface area contributed by atoms with Crippen molar-refractivity contribution in [3.63, 3.8) is 0 Å². The summed E-state index contributed by atoms with van der Waals surface area (Å²) in [5, 5.41) is 0. The largest absolute Gasteiger partial charge is 0.489 e. The van der Waals surface area contributed by atoms with Gasteiger partial charge in [-0.1, -0.05) is 31.4 Å². The fourth-order valence-corrected chi connectivity index (χ4v) is 1.90. The average Bonchev–Trinajstić information content (AvgIpc) is 2.40. The van der Waals surface area contributed by atoms with Gasteiger partial charge >= 0.3 is 0 Å². The first kappa shape index (κ1) is 13.1. The van der Waals surface area contributed by atoms with Crippen LogP contribution >= 0.6 is 0 Å². The molecule has 1 aromatic carbocycles. The molecule has 19 heavy (non-hydrogen) atoms. The summed E-state index contributed by atoms with van der Waals surface area (Å²) in [6.45, 7) is 7.85. The summed E-state index contributed by atoms with van der Waals surface area (Å²) in [4.78, 5) is 1.83. The van der Waals surface area contributed by atoms with Gasteiger partial charge < -0.3 is 9.64 Å². The maximum Gasteiger partial charge on any atom is 0.136 e. The monoisotopic (exact) mass is 257 g/mol. The molecule has 0 fully saturated rings. The van der Waals surface area contributed by atoms with Gasteiger partial charge in [-0.15, -0.1) is 0 Å². The van der Waals surface area contributed by atoms with Crippen molar-refractivity contribution in [1.82, 2.24) is 4.90 Å². The van der Waals surface area contributed by atoms with E-state index in [-0.39, 0.29) is 5.82 Å². The second-order valence-electron chi connectivity index (χ2n) is 4.17. The summed E-state index contributed by atoms with van der Waals surface area (Å²) in [6.07, 6.45) is 7.19. The SMILES string of the molecule is C=CCOc1cccc(F)c1C1=CC=CC(=C)N1C. The van der Waals surface area contributed by atoms with Gasteiger partial charge in [0.05, 0.1) is 11.3 Å². The number of allylic oxidation sites excluding steroid dienone is 3. The minimum absolute atomic E-state index is 0.317. The second kappa shape index (κ2) is 5.57. The van der Waals surface area contributed by atoms with Crippen LogP contribution in [0.25, 0.3) is 5.70 Å². The topological polar surface area (TPSA) is 12.5 Å². The van der Waals surface area contributed by atoms with Gasteiger partial charge in [0.1, 0.15) is 18.2 Å². The van der Waals surface area contributed by atoms with E-state index in [2.05, 4.69) is 13.2 Å². The Morgan fingerprint density at radius 1 is 1.42 bits per heavy atom. The molecule has 98 valence electrons. The summed E-state index contributed by atoms with van der Waals surface area (Å²) in [6, 6.07) is 4.80. The summed E-state index contributed by atoms with van der Waals surface area (Å²) in [5.74, 6) is 0.184. The lowest BCUT2D eigenvalue weighted by Crippen LogP contribution is -2.18. The number of rotatable bonds is 4. The van der Waals surface area contributed by atoms with Crippen molar-refractivity contribution in [3.05, 3.63) is 72.7 Å². The Morgan fingerprint density at radius 2 is 2.21 bits per heavy atom. The molecule has 0 amide bonds. The van der Waals surface area contributed by atoms with Crippen molar-refractivity contribution in [2.45, 2.75) is 0 Å². The maximum absolute atomic E-state index is 14.1. The zero-order valence-electron chi connectivity index (χ0n) is 10.9. The number of halogens is 1. The van der Waals surface area contributed by atoms with Crippen LogP contribution in [0.2, 0.25) is 0 Å². The lowest BCUT2D eigenvalue weighted by molar-refractivity contribution is 0.358.